The van der Waals surface area contributed by atoms with Crippen molar-refractivity contribution in [2.75, 3.05) is 25.1 Å². The van der Waals surface area contributed by atoms with Crippen molar-refractivity contribution in [2.45, 2.75) is 18.3 Å². The van der Waals surface area contributed by atoms with Gasteiger partial charge in [-0.1, -0.05) is 23.7 Å². The molecule has 2 rings (SSSR count). The fourth-order valence-electron chi connectivity index (χ4n) is 2.33. The molecule has 0 atom stereocenters. The van der Waals surface area contributed by atoms with Gasteiger partial charge in [-0.2, -0.15) is 11.8 Å². The molecule has 1 heterocycles. The van der Waals surface area contributed by atoms with Crippen molar-refractivity contribution >= 4 is 23.4 Å². The van der Waals surface area contributed by atoms with Crippen LogP contribution in [0.5, 0.6) is 0 Å². The lowest BCUT2D eigenvalue weighted by Gasteiger charge is -2.43. The van der Waals surface area contributed by atoms with E-state index in [0.29, 0.717) is 5.41 Å². The molecule has 0 saturated carbocycles. The first-order valence-electron chi connectivity index (χ1n) is 5.73. The molecule has 0 unspecified atom stereocenters. The van der Waals surface area contributed by atoms with Gasteiger partial charge in [0.05, 0.1) is 0 Å². The number of halogens is 1. The van der Waals surface area contributed by atoms with E-state index in [1.54, 1.807) is 0 Å². The summed E-state index contributed by atoms with van der Waals surface area (Å²) in [5, 5.41) is 4.25. The van der Waals surface area contributed by atoms with E-state index >= 15 is 0 Å². The van der Waals surface area contributed by atoms with Gasteiger partial charge in [-0.25, -0.2) is 0 Å². The lowest BCUT2D eigenvalue weighted by atomic mass is 9.72. The fourth-order valence-corrected chi connectivity index (χ4v) is 2.95. The highest BCUT2D eigenvalue weighted by Crippen LogP contribution is 2.34. The van der Waals surface area contributed by atoms with Crippen LogP contribution in [0.25, 0.3) is 0 Å². The van der Waals surface area contributed by atoms with Crippen LogP contribution in [-0.2, 0) is 5.41 Å². The van der Waals surface area contributed by atoms with E-state index in [1.165, 1.54) is 24.2 Å². The highest BCUT2D eigenvalue weighted by Gasteiger charge is 2.37. The number of hydrogen-bond donors (Lipinski definition) is 1. The summed E-state index contributed by atoms with van der Waals surface area (Å²) < 4.78 is 0. The van der Waals surface area contributed by atoms with Gasteiger partial charge < -0.3 is 5.32 Å². The highest BCUT2D eigenvalue weighted by atomic mass is 35.5. The summed E-state index contributed by atoms with van der Waals surface area (Å²) in [6.07, 6.45) is 4.72. The Balaban J connectivity index is 2.08. The normalized spacial score (nSPS) is 18.1. The summed E-state index contributed by atoms with van der Waals surface area (Å²) in [5.74, 6) is 1.25. The standard InChI is InChI=1S/C13H18ClNS/c1-16-7-3-6-13(9-15-10-13)11-4-2-5-12(14)8-11/h2,4-5,8,15H,3,6-7,9-10H2,1H3. The minimum atomic E-state index is 0.348. The van der Waals surface area contributed by atoms with E-state index in [2.05, 4.69) is 29.8 Å². The Bertz CT molecular complexity index is 350. The highest BCUT2D eigenvalue weighted by molar-refractivity contribution is 7.98. The van der Waals surface area contributed by atoms with Crippen molar-refractivity contribution in [1.29, 1.82) is 0 Å². The van der Waals surface area contributed by atoms with Crippen LogP contribution in [0.3, 0.4) is 0 Å². The molecule has 1 fully saturated rings. The Labute approximate surface area is 107 Å². The van der Waals surface area contributed by atoms with Crippen molar-refractivity contribution in [1.82, 2.24) is 5.32 Å². The second kappa shape index (κ2) is 5.44. The van der Waals surface area contributed by atoms with Crippen molar-refractivity contribution in [3.8, 4) is 0 Å². The molecule has 0 spiro atoms. The first-order chi connectivity index (χ1) is 7.77. The molecule has 0 amide bonds. The SMILES string of the molecule is CSCCCC1(c2cccc(Cl)c2)CNC1. The topological polar surface area (TPSA) is 12.0 Å². The van der Waals surface area contributed by atoms with Crippen LogP contribution in [0.1, 0.15) is 18.4 Å². The monoisotopic (exact) mass is 255 g/mol. The Morgan fingerprint density at radius 2 is 2.25 bits per heavy atom. The molecule has 88 valence electrons. The molecular weight excluding hydrogens is 238 g/mol. The van der Waals surface area contributed by atoms with Crippen LogP contribution < -0.4 is 5.32 Å². The van der Waals surface area contributed by atoms with Crippen LogP contribution in [0.2, 0.25) is 5.02 Å². The molecular formula is C13H18ClNS. The molecule has 0 aliphatic carbocycles. The quantitative estimate of drug-likeness (QED) is 0.810. The summed E-state index contributed by atoms with van der Waals surface area (Å²) in [4.78, 5) is 0. The molecule has 1 N–H and O–H groups in total. The summed E-state index contributed by atoms with van der Waals surface area (Å²) in [6.45, 7) is 2.20. The zero-order chi connectivity index (χ0) is 11.4. The molecule has 0 bridgehead atoms. The van der Waals surface area contributed by atoms with Gasteiger partial charge in [-0.15, -0.1) is 0 Å². The maximum Gasteiger partial charge on any atom is 0.0408 e. The molecule has 1 saturated heterocycles. The maximum atomic E-state index is 6.07. The molecule has 3 heteroatoms. The third kappa shape index (κ3) is 2.55. The van der Waals surface area contributed by atoms with Gasteiger partial charge in [-0.05, 0) is 42.5 Å². The summed E-state index contributed by atoms with van der Waals surface area (Å²) in [7, 11) is 0. The van der Waals surface area contributed by atoms with Gasteiger partial charge in [0.15, 0.2) is 0 Å². The third-order valence-electron chi connectivity index (χ3n) is 3.37. The molecule has 16 heavy (non-hydrogen) atoms. The van der Waals surface area contributed by atoms with Crippen LogP contribution >= 0.6 is 23.4 Å². The van der Waals surface area contributed by atoms with Gasteiger partial charge >= 0.3 is 0 Å². The van der Waals surface area contributed by atoms with Crippen LogP contribution in [-0.4, -0.2) is 25.1 Å². The summed E-state index contributed by atoms with van der Waals surface area (Å²) in [5.41, 5.74) is 1.75. The molecule has 1 nitrogen and oxygen atoms in total. The Hall–Kier alpha value is -0.180. The smallest absolute Gasteiger partial charge is 0.0408 e. The van der Waals surface area contributed by atoms with Crippen molar-refractivity contribution < 1.29 is 0 Å². The molecule has 1 aromatic rings. The predicted molar refractivity (Wildman–Crippen MR) is 73.6 cm³/mol. The van der Waals surface area contributed by atoms with Gasteiger partial charge in [0, 0.05) is 23.5 Å². The minimum Gasteiger partial charge on any atom is -0.315 e. The van der Waals surface area contributed by atoms with E-state index in [4.69, 9.17) is 11.6 Å². The average molecular weight is 256 g/mol. The maximum absolute atomic E-state index is 6.07. The molecule has 1 aliphatic heterocycles. The predicted octanol–water partition coefficient (Wildman–Crippen LogP) is 3.32. The van der Waals surface area contributed by atoms with Crippen molar-refractivity contribution in [2.24, 2.45) is 0 Å². The van der Waals surface area contributed by atoms with Crippen LogP contribution in [0.15, 0.2) is 24.3 Å². The molecule has 0 aromatic heterocycles. The summed E-state index contributed by atoms with van der Waals surface area (Å²) in [6, 6.07) is 8.35. The van der Waals surface area contributed by atoms with Gasteiger partial charge in [0.25, 0.3) is 0 Å². The van der Waals surface area contributed by atoms with E-state index in [9.17, 15) is 0 Å². The number of hydrogen-bond acceptors (Lipinski definition) is 2. The minimum absolute atomic E-state index is 0.348. The van der Waals surface area contributed by atoms with E-state index < -0.39 is 0 Å². The summed E-state index contributed by atoms with van der Waals surface area (Å²) >= 11 is 8.00. The number of rotatable bonds is 5. The zero-order valence-corrected chi connectivity index (χ0v) is 11.2. The Kier molecular flexibility index (Phi) is 4.17. The molecule has 0 radical (unpaired) electrons. The van der Waals surface area contributed by atoms with Gasteiger partial charge in [-0.3, -0.25) is 0 Å². The van der Waals surface area contributed by atoms with E-state index in [-0.39, 0.29) is 0 Å². The van der Waals surface area contributed by atoms with E-state index in [0.717, 1.165) is 18.1 Å². The number of thioether (sulfide) groups is 1. The molecule has 1 aliphatic rings. The van der Waals surface area contributed by atoms with Crippen molar-refractivity contribution in [3.63, 3.8) is 0 Å². The second-order valence-corrected chi connectivity index (χ2v) is 5.91. The zero-order valence-electron chi connectivity index (χ0n) is 9.63. The first-order valence-corrected chi connectivity index (χ1v) is 7.50. The van der Waals surface area contributed by atoms with Crippen LogP contribution in [0, 0.1) is 0 Å². The van der Waals surface area contributed by atoms with Crippen LogP contribution in [0.4, 0.5) is 0 Å². The Morgan fingerprint density at radius 3 is 2.81 bits per heavy atom. The fraction of sp³-hybridized carbons (Fsp3) is 0.538. The second-order valence-electron chi connectivity index (χ2n) is 4.49. The lowest BCUT2D eigenvalue weighted by Crippen LogP contribution is -2.56. The van der Waals surface area contributed by atoms with Gasteiger partial charge in [0.1, 0.15) is 0 Å². The molecule has 1 aromatic carbocycles. The largest absolute Gasteiger partial charge is 0.315 e. The average Bonchev–Trinajstić information content (AvgIpc) is 2.22. The first kappa shape index (κ1) is 12.3. The third-order valence-corrected chi connectivity index (χ3v) is 4.30. The number of benzene rings is 1. The van der Waals surface area contributed by atoms with Crippen molar-refractivity contribution in [3.05, 3.63) is 34.9 Å². The number of nitrogens with one attached hydrogen (secondary N) is 1. The Morgan fingerprint density at radius 1 is 1.44 bits per heavy atom. The van der Waals surface area contributed by atoms with Gasteiger partial charge in [0.2, 0.25) is 0 Å². The lowest BCUT2D eigenvalue weighted by molar-refractivity contribution is 0.256. The van der Waals surface area contributed by atoms with E-state index in [1.807, 2.05) is 17.8 Å².